The van der Waals surface area contributed by atoms with Gasteiger partial charge in [0.25, 0.3) is 0 Å². The minimum Gasteiger partial charge on any atom is -0.0619 e. The SMILES string of the molecule is Cc1cc2c(ccc3ccccc32)c(-c2cccc3c2Cc2ccccc2-3)c1C. The number of hydrogen-bond donors (Lipinski definition) is 0. The van der Waals surface area contributed by atoms with E-state index in [4.69, 9.17) is 0 Å². The lowest BCUT2D eigenvalue weighted by Gasteiger charge is -2.18. The van der Waals surface area contributed by atoms with Gasteiger partial charge in [-0.2, -0.15) is 0 Å². The molecule has 0 heteroatoms. The number of benzene rings is 5. The summed E-state index contributed by atoms with van der Waals surface area (Å²) < 4.78 is 0. The highest BCUT2D eigenvalue weighted by Gasteiger charge is 2.23. The van der Waals surface area contributed by atoms with Gasteiger partial charge in [0.1, 0.15) is 0 Å². The van der Waals surface area contributed by atoms with Gasteiger partial charge in [0.15, 0.2) is 0 Å². The summed E-state index contributed by atoms with van der Waals surface area (Å²) in [4.78, 5) is 0. The van der Waals surface area contributed by atoms with Crippen molar-refractivity contribution in [3.63, 3.8) is 0 Å². The molecule has 0 saturated carbocycles. The third-order valence-corrected chi connectivity index (χ3v) is 6.69. The van der Waals surface area contributed by atoms with Crippen molar-refractivity contribution in [3.05, 3.63) is 107 Å². The Morgan fingerprint density at radius 1 is 0.586 bits per heavy atom. The molecule has 0 nitrogen and oxygen atoms in total. The smallest absolute Gasteiger partial charge is 0.000728 e. The first-order valence-corrected chi connectivity index (χ1v) is 10.3. The van der Waals surface area contributed by atoms with Crippen molar-refractivity contribution >= 4 is 21.5 Å². The summed E-state index contributed by atoms with van der Waals surface area (Å²) >= 11 is 0. The van der Waals surface area contributed by atoms with Gasteiger partial charge in [-0.05, 0) is 86.3 Å². The molecule has 0 fully saturated rings. The molecule has 5 aromatic rings. The molecule has 1 aliphatic carbocycles. The van der Waals surface area contributed by atoms with Crippen molar-refractivity contribution in [3.8, 4) is 22.3 Å². The van der Waals surface area contributed by atoms with E-state index in [0.29, 0.717) is 0 Å². The fraction of sp³-hybridized carbons (Fsp3) is 0.103. The zero-order valence-corrected chi connectivity index (χ0v) is 16.8. The molecule has 0 bridgehead atoms. The van der Waals surface area contributed by atoms with E-state index >= 15 is 0 Å². The van der Waals surface area contributed by atoms with Crippen LogP contribution in [-0.2, 0) is 6.42 Å². The van der Waals surface area contributed by atoms with Crippen molar-refractivity contribution in [2.75, 3.05) is 0 Å². The van der Waals surface area contributed by atoms with E-state index in [1.165, 1.54) is 66.1 Å². The molecule has 0 N–H and O–H groups in total. The lowest BCUT2D eigenvalue weighted by Crippen LogP contribution is -1.95. The third kappa shape index (κ3) is 2.32. The Labute approximate surface area is 171 Å². The molecule has 0 unspecified atom stereocenters. The van der Waals surface area contributed by atoms with Crippen LogP contribution < -0.4 is 0 Å². The lowest BCUT2D eigenvalue weighted by molar-refractivity contribution is 1.26. The van der Waals surface area contributed by atoms with Gasteiger partial charge in [0, 0.05) is 0 Å². The van der Waals surface area contributed by atoms with Crippen LogP contribution in [0, 0.1) is 13.8 Å². The zero-order chi connectivity index (χ0) is 19.5. The van der Waals surface area contributed by atoms with Gasteiger partial charge in [-0.1, -0.05) is 84.9 Å². The molecule has 1 aliphatic rings. The minimum absolute atomic E-state index is 1.02. The standard InChI is InChI=1S/C29H22/c1-18-16-27-22-10-5-3-8-20(22)14-15-26(27)29(19(18)2)25-13-7-12-24-23-11-6-4-9-21(23)17-28(24)25/h3-16H,17H2,1-2H3. The van der Waals surface area contributed by atoms with Gasteiger partial charge in [-0.3, -0.25) is 0 Å². The van der Waals surface area contributed by atoms with E-state index in [9.17, 15) is 0 Å². The normalized spacial score (nSPS) is 12.3. The Morgan fingerprint density at radius 3 is 2.28 bits per heavy atom. The molecular weight excluding hydrogens is 348 g/mol. The second-order valence-electron chi connectivity index (χ2n) is 8.24. The number of hydrogen-bond acceptors (Lipinski definition) is 0. The van der Waals surface area contributed by atoms with Gasteiger partial charge in [-0.25, -0.2) is 0 Å². The van der Waals surface area contributed by atoms with Gasteiger partial charge >= 0.3 is 0 Å². The average Bonchev–Trinajstić information content (AvgIpc) is 3.14. The Hall–Kier alpha value is -3.38. The van der Waals surface area contributed by atoms with E-state index in [0.717, 1.165) is 6.42 Å². The van der Waals surface area contributed by atoms with Gasteiger partial charge in [0.2, 0.25) is 0 Å². The Balaban J connectivity index is 1.72. The van der Waals surface area contributed by atoms with Gasteiger partial charge in [0.05, 0.1) is 0 Å². The van der Waals surface area contributed by atoms with Crippen molar-refractivity contribution in [2.45, 2.75) is 20.3 Å². The summed E-state index contributed by atoms with van der Waals surface area (Å²) in [6.07, 6.45) is 1.02. The molecule has 0 heterocycles. The van der Waals surface area contributed by atoms with Crippen molar-refractivity contribution in [1.82, 2.24) is 0 Å². The highest BCUT2D eigenvalue weighted by Crippen LogP contribution is 2.45. The zero-order valence-electron chi connectivity index (χ0n) is 16.8. The second-order valence-corrected chi connectivity index (χ2v) is 8.24. The number of fused-ring (bicyclic) bond motifs is 6. The third-order valence-electron chi connectivity index (χ3n) is 6.69. The van der Waals surface area contributed by atoms with Crippen LogP contribution in [0.25, 0.3) is 43.8 Å². The molecule has 0 aliphatic heterocycles. The van der Waals surface area contributed by atoms with Crippen LogP contribution in [0.1, 0.15) is 22.3 Å². The summed E-state index contributed by atoms with van der Waals surface area (Å²) in [6.45, 7) is 4.53. The summed E-state index contributed by atoms with van der Waals surface area (Å²) in [5.41, 5.74) is 11.2. The van der Waals surface area contributed by atoms with Crippen LogP contribution in [-0.4, -0.2) is 0 Å². The molecule has 29 heavy (non-hydrogen) atoms. The largest absolute Gasteiger partial charge is 0.0619 e. The van der Waals surface area contributed by atoms with Gasteiger partial charge in [-0.15, -0.1) is 0 Å². The molecule has 0 aromatic heterocycles. The molecule has 0 atom stereocenters. The first-order valence-electron chi connectivity index (χ1n) is 10.3. The summed E-state index contributed by atoms with van der Waals surface area (Å²) in [7, 11) is 0. The van der Waals surface area contributed by atoms with Crippen LogP contribution in [0.4, 0.5) is 0 Å². The summed E-state index contributed by atoms with van der Waals surface area (Å²) in [6, 6.07) is 31.4. The van der Waals surface area contributed by atoms with E-state index in [1.807, 2.05) is 0 Å². The molecule has 0 spiro atoms. The quantitative estimate of drug-likeness (QED) is 0.259. The highest BCUT2D eigenvalue weighted by atomic mass is 14.3. The fourth-order valence-corrected chi connectivity index (χ4v) is 5.13. The first kappa shape index (κ1) is 16.6. The van der Waals surface area contributed by atoms with Crippen LogP contribution in [0.2, 0.25) is 0 Å². The van der Waals surface area contributed by atoms with E-state index in [-0.39, 0.29) is 0 Å². The van der Waals surface area contributed by atoms with Crippen molar-refractivity contribution in [2.24, 2.45) is 0 Å². The van der Waals surface area contributed by atoms with Crippen LogP contribution in [0.5, 0.6) is 0 Å². The highest BCUT2D eigenvalue weighted by molar-refractivity contribution is 6.13. The molecule has 5 aromatic carbocycles. The molecule has 138 valence electrons. The van der Waals surface area contributed by atoms with Crippen molar-refractivity contribution in [1.29, 1.82) is 0 Å². The van der Waals surface area contributed by atoms with Crippen molar-refractivity contribution < 1.29 is 0 Å². The van der Waals surface area contributed by atoms with Crippen LogP contribution >= 0.6 is 0 Å². The summed E-state index contributed by atoms with van der Waals surface area (Å²) in [5, 5.41) is 5.36. The lowest BCUT2D eigenvalue weighted by atomic mass is 9.86. The summed E-state index contributed by atoms with van der Waals surface area (Å²) in [5.74, 6) is 0. The monoisotopic (exact) mass is 370 g/mol. The van der Waals surface area contributed by atoms with Crippen LogP contribution in [0.3, 0.4) is 0 Å². The van der Waals surface area contributed by atoms with Crippen LogP contribution in [0.15, 0.2) is 84.9 Å². The molecular formula is C29H22. The second kappa shape index (κ2) is 6.06. The molecule has 0 saturated heterocycles. The molecule has 6 rings (SSSR count). The number of aryl methyl sites for hydroxylation is 1. The molecule has 0 radical (unpaired) electrons. The topological polar surface area (TPSA) is 0 Å². The van der Waals surface area contributed by atoms with E-state index < -0.39 is 0 Å². The van der Waals surface area contributed by atoms with E-state index in [2.05, 4.69) is 98.8 Å². The predicted molar refractivity (Wildman–Crippen MR) is 125 cm³/mol. The maximum atomic E-state index is 2.37. The maximum absolute atomic E-state index is 2.37. The fourth-order valence-electron chi connectivity index (χ4n) is 5.13. The maximum Gasteiger partial charge on any atom is -0.000728 e. The Kier molecular flexibility index (Phi) is 3.46. The minimum atomic E-state index is 1.02. The Morgan fingerprint density at radius 2 is 1.34 bits per heavy atom. The molecule has 0 amide bonds. The first-order chi connectivity index (χ1) is 14.2. The number of rotatable bonds is 1. The Bertz CT molecular complexity index is 1440. The van der Waals surface area contributed by atoms with Gasteiger partial charge < -0.3 is 0 Å². The van der Waals surface area contributed by atoms with E-state index in [1.54, 1.807) is 0 Å². The predicted octanol–water partition coefficient (Wildman–Crippen LogP) is 7.85. The average molecular weight is 370 g/mol.